The summed E-state index contributed by atoms with van der Waals surface area (Å²) in [4.78, 5) is 9.21. The highest BCUT2D eigenvalue weighted by Crippen LogP contribution is 2.52. The lowest BCUT2D eigenvalue weighted by Gasteiger charge is -2.36. The number of hydrogen-bond acceptors (Lipinski definition) is 7. The Kier molecular flexibility index (Phi) is 7.97. The Bertz CT molecular complexity index is 1630. The molecule has 2 aliphatic rings. The third-order valence-corrected chi connectivity index (χ3v) is 14.0. The quantitative estimate of drug-likeness (QED) is 0.154. The molecule has 234 valence electrons. The van der Waals surface area contributed by atoms with E-state index in [-0.39, 0.29) is 34.5 Å². The number of nitrogens with zero attached hydrogens (tertiary/aromatic N) is 3. The predicted molar refractivity (Wildman–Crippen MR) is 177 cm³/mol. The van der Waals surface area contributed by atoms with Crippen molar-refractivity contribution < 1.29 is 18.6 Å². The number of ether oxygens (including phenoxy) is 3. The zero-order valence-corrected chi connectivity index (χ0v) is 28.6. The molecule has 0 radical (unpaired) electrons. The van der Waals surface area contributed by atoms with Crippen molar-refractivity contribution in [3.8, 4) is 11.5 Å². The van der Waals surface area contributed by atoms with Gasteiger partial charge in [0.25, 0.3) is 0 Å². The van der Waals surface area contributed by atoms with Crippen LogP contribution < -0.4 is 14.5 Å². The summed E-state index contributed by atoms with van der Waals surface area (Å²) in [5.41, 5.74) is 3.10. The van der Waals surface area contributed by atoms with Gasteiger partial charge in [-0.05, 0) is 91.5 Å². The van der Waals surface area contributed by atoms with Gasteiger partial charge in [-0.25, -0.2) is 4.98 Å². The smallest absolute Gasteiger partial charge is 0.250 e. The number of hydrogen-bond donors (Lipinski definition) is 1. The Labute approximate surface area is 266 Å². The van der Waals surface area contributed by atoms with Crippen LogP contribution in [0.3, 0.4) is 0 Å². The van der Waals surface area contributed by atoms with Crippen LogP contribution in [0.1, 0.15) is 64.1 Å². The van der Waals surface area contributed by atoms with E-state index in [1.54, 1.807) is 7.11 Å². The van der Waals surface area contributed by atoms with Crippen molar-refractivity contribution in [3.63, 3.8) is 0 Å². The lowest BCUT2D eigenvalue weighted by molar-refractivity contribution is -0.157. The first kappa shape index (κ1) is 30.9. The number of methoxy groups -OCH3 is 1. The van der Waals surface area contributed by atoms with Gasteiger partial charge >= 0.3 is 0 Å². The molecule has 2 aromatic carbocycles. The molecular weight excluding hydrogens is 592 g/mol. The van der Waals surface area contributed by atoms with Crippen LogP contribution >= 0.6 is 11.6 Å². The fourth-order valence-electron chi connectivity index (χ4n) is 6.12. The van der Waals surface area contributed by atoms with Crippen LogP contribution in [0, 0.1) is 0 Å². The van der Waals surface area contributed by atoms with E-state index in [2.05, 4.69) is 90.2 Å². The van der Waals surface area contributed by atoms with Crippen LogP contribution in [-0.4, -0.2) is 48.0 Å². The van der Waals surface area contributed by atoms with Gasteiger partial charge in [-0.2, -0.15) is 4.98 Å². The van der Waals surface area contributed by atoms with Crippen LogP contribution in [-0.2, 0) is 16.0 Å². The van der Waals surface area contributed by atoms with Crippen molar-refractivity contribution in [2.75, 3.05) is 12.4 Å². The molecule has 1 aliphatic heterocycles. The van der Waals surface area contributed by atoms with E-state index in [0.29, 0.717) is 12.4 Å². The second-order valence-corrected chi connectivity index (χ2v) is 19.0. The van der Waals surface area contributed by atoms with Gasteiger partial charge in [-0.1, -0.05) is 45.0 Å². The Morgan fingerprint density at radius 1 is 0.977 bits per heavy atom. The van der Waals surface area contributed by atoms with Crippen LogP contribution in [0.4, 0.5) is 5.82 Å². The van der Waals surface area contributed by atoms with Crippen molar-refractivity contribution in [1.29, 1.82) is 0 Å². The standard InChI is InChI=1S/C34H43ClN4O4Si/c1-33(2,3)44(7,8)43-24-15-11-22(12-16-24)26-19-27(29-28(26)41-34(4,5)42-29)39-18-17-25-30(37-32(35)38-31(25)39)36-20-21-9-13-23(40-6)14-10-21/h9-18,26-29H,19-20H2,1-8H3,(H,36,37,38)/t26-,27-,28-,29+/m1/s1. The molecule has 10 heteroatoms. The van der Waals surface area contributed by atoms with Gasteiger partial charge in [0, 0.05) is 18.7 Å². The lowest BCUT2D eigenvalue weighted by atomic mass is 9.95. The normalized spacial score (nSPS) is 23.1. The minimum Gasteiger partial charge on any atom is -0.544 e. The third-order valence-electron chi connectivity index (χ3n) is 9.44. The van der Waals surface area contributed by atoms with Crippen LogP contribution in [0.5, 0.6) is 11.5 Å². The first-order valence-electron chi connectivity index (χ1n) is 15.3. The lowest BCUT2D eigenvalue weighted by Crippen LogP contribution is -2.43. The average Bonchev–Trinajstić information content (AvgIpc) is 3.62. The molecule has 0 unspecified atom stereocenters. The van der Waals surface area contributed by atoms with Gasteiger partial charge < -0.3 is 28.5 Å². The summed E-state index contributed by atoms with van der Waals surface area (Å²) >= 11 is 6.49. The summed E-state index contributed by atoms with van der Waals surface area (Å²) < 4.78 is 27.1. The monoisotopic (exact) mass is 634 g/mol. The molecule has 1 saturated heterocycles. The predicted octanol–water partition coefficient (Wildman–Crippen LogP) is 8.34. The zero-order chi connectivity index (χ0) is 31.4. The van der Waals surface area contributed by atoms with Crippen LogP contribution in [0.15, 0.2) is 60.8 Å². The minimum absolute atomic E-state index is 0.00726. The van der Waals surface area contributed by atoms with Gasteiger partial charge in [-0.15, -0.1) is 0 Å². The van der Waals surface area contributed by atoms with Gasteiger partial charge in [0.1, 0.15) is 29.1 Å². The van der Waals surface area contributed by atoms with Gasteiger partial charge in [0.05, 0.1) is 24.6 Å². The van der Waals surface area contributed by atoms with E-state index in [9.17, 15) is 0 Å². The van der Waals surface area contributed by atoms with Crippen molar-refractivity contribution >= 4 is 36.8 Å². The molecule has 0 bridgehead atoms. The molecule has 0 spiro atoms. The summed E-state index contributed by atoms with van der Waals surface area (Å²) in [6.07, 6.45) is 2.68. The van der Waals surface area contributed by atoms with E-state index in [1.165, 1.54) is 5.56 Å². The topological polar surface area (TPSA) is 79.7 Å². The Morgan fingerprint density at radius 3 is 2.30 bits per heavy atom. The number of fused-ring (bicyclic) bond motifs is 2. The summed E-state index contributed by atoms with van der Waals surface area (Å²) in [5.74, 6) is 1.91. The summed E-state index contributed by atoms with van der Waals surface area (Å²) in [7, 11) is -0.264. The zero-order valence-electron chi connectivity index (χ0n) is 26.8. The molecule has 1 saturated carbocycles. The number of benzene rings is 2. The molecule has 2 fully saturated rings. The number of aromatic nitrogens is 3. The van der Waals surface area contributed by atoms with Crippen molar-refractivity contribution in [3.05, 3.63) is 77.2 Å². The molecular formula is C34H43ClN4O4Si. The maximum absolute atomic E-state index is 6.56. The number of halogens is 1. The average molecular weight is 635 g/mol. The molecule has 6 rings (SSSR count). The second kappa shape index (κ2) is 11.4. The SMILES string of the molecule is COc1ccc(CNc2nc(Cl)nc3c2ccn3[C@@H]2C[C@H](c3ccc(O[Si](C)(C)C(C)(C)C)cc3)[C@H]3OC(C)(C)O[C@H]32)cc1. The first-order chi connectivity index (χ1) is 20.7. The fraction of sp³-hybridized carbons (Fsp3) is 0.471. The highest BCUT2D eigenvalue weighted by molar-refractivity contribution is 6.74. The number of rotatable bonds is 8. The van der Waals surface area contributed by atoms with E-state index in [4.69, 9.17) is 30.2 Å². The highest BCUT2D eigenvalue weighted by atomic mass is 35.5. The van der Waals surface area contributed by atoms with Crippen molar-refractivity contribution in [2.24, 2.45) is 0 Å². The maximum atomic E-state index is 6.56. The maximum Gasteiger partial charge on any atom is 0.250 e. The van der Waals surface area contributed by atoms with E-state index < -0.39 is 14.1 Å². The molecule has 3 heterocycles. The molecule has 4 atom stereocenters. The molecule has 4 aromatic rings. The van der Waals surface area contributed by atoms with Crippen LogP contribution in [0.25, 0.3) is 11.0 Å². The fourth-order valence-corrected chi connectivity index (χ4v) is 7.32. The van der Waals surface area contributed by atoms with E-state index in [0.717, 1.165) is 34.5 Å². The molecule has 1 N–H and O–H groups in total. The highest BCUT2D eigenvalue weighted by Gasteiger charge is 2.55. The summed E-state index contributed by atoms with van der Waals surface area (Å²) in [5, 5.41) is 4.70. The number of nitrogens with one attached hydrogen (secondary N) is 1. The molecule has 8 nitrogen and oxygen atoms in total. The van der Waals surface area contributed by atoms with E-state index in [1.807, 2.05) is 38.1 Å². The second-order valence-electron chi connectivity index (χ2n) is 13.9. The minimum atomic E-state index is -1.93. The van der Waals surface area contributed by atoms with Gasteiger partial charge in [0.15, 0.2) is 5.79 Å². The largest absolute Gasteiger partial charge is 0.544 e. The third kappa shape index (κ3) is 5.95. The van der Waals surface area contributed by atoms with Crippen molar-refractivity contribution in [2.45, 2.75) is 95.7 Å². The van der Waals surface area contributed by atoms with Gasteiger partial charge in [-0.3, -0.25) is 0 Å². The molecule has 0 amide bonds. The number of anilines is 1. The first-order valence-corrected chi connectivity index (χ1v) is 18.6. The van der Waals surface area contributed by atoms with Gasteiger partial charge in [0.2, 0.25) is 13.6 Å². The summed E-state index contributed by atoms with van der Waals surface area (Å²) in [6, 6.07) is 18.6. The molecule has 2 aromatic heterocycles. The van der Waals surface area contributed by atoms with Crippen LogP contribution in [0.2, 0.25) is 23.4 Å². The molecule has 1 aliphatic carbocycles. The molecule has 44 heavy (non-hydrogen) atoms. The Morgan fingerprint density at radius 2 is 1.64 bits per heavy atom. The van der Waals surface area contributed by atoms with E-state index >= 15 is 0 Å². The van der Waals surface area contributed by atoms with Crippen molar-refractivity contribution in [1.82, 2.24) is 14.5 Å². The summed E-state index contributed by atoms with van der Waals surface area (Å²) in [6.45, 7) is 15.9. The Hall–Kier alpha value is -3.11. The Balaban J connectivity index is 1.27.